The summed E-state index contributed by atoms with van der Waals surface area (Å²) in [5.74, 6) is 1.75. The molecule has 1 unspecified atom stereocenters. The second-order valence-corrected chi connectivity index (χ2v) is 6.63. The molecule has 0 saturated carbocycles. The number of nitrogens with one attached hydrogen (secondary N) is 1. The van der Waals surface area contributed by atoms with E-state index in [0.29, 0.717) is 26.0 Å². The molecule has 1 atom stereocenters. The zero-order valence-electron chi connectivity index (χ0n) is 16.7. The van der Waals surface area contributed by atoms with Gasteiger partial charge in [-0.05, 0) is 62.8 Å². The highest BCUT2D eigenvalue weighted by Crippen LogP contribution is 2.21. The Morgan fingerprint density at radius 2 is 1.67 bits per heavy atom. The highest BCUT2D eigenvalue weighted by Gasteiger charge is 2.15. The highest BCUT2D eigenvalue weighted by molar-refractivity contribution is 5.76. The second-order valence-electron chi connectivity index (χ2n) is 6.63. The molecule has 0 radical (unpaired) electrons. The molecule has 2 aromatic carbocycles. The van der Waals surface area contributed by atoms with E-state index in [4.69, 9.17) is 9.47 Å². The molecule has 146 valence electrons. The van der Waals surface area contributed by atoms with Crippen molar-refractivity contribution in [2.75, 3.05) is 34.4 Å². The van der Waals surface area contributed by atoms with Crippen LogP contribution in [0, 0.1) is 0 Å². The van der Waals surface area contributed by atoms with Crippen LogP contribution >= 0.6 is 0 Å². The summed E-state index contributed by atoms with van der Waals surface area (Å²) in [6.07, 6.45) is 1.18. The van der Waals surface area contributed by atoms with Crippen molar-refractivity contribution in [1.29, 1.82) is 0 Å². The van der Waals surface area contributed by atoms with E-state index in [1.165, 1.54) is 0 Å². The lowest BCUT2D eigenvalue weighted by atomic mass is 10.1. The molecule has 2 aromatic rings. The van der Waals surface area contributed by atoms with Crippen LogP contribution in [0.3, 0.4) is 0 Å². The maximum absolute atomic E-state index is 12.3. The first-order valence-electron chi connectivity index (χ1n) is 9.32. The third kappa shape index (κ3) is 6.61. The molecule has 1 amide bonds. The van der Waals surface area contributed by atoms with Gasteiger partial charge in [-0.15, -0.1) is 0 Å². The van der Waals surface area contributed by atoms with Crippen molar-refractivity contribution >= 4 is 5.91 Å². The Hall–Kier alpha value is -2.53. The third-order valence-corrected chi connectivity index (χ3v) is 4.49. The maximum Gasteiger partial charge on any atom is 0.220 e. The topological polar surface area (TPSA) is 50.8 Å². The summed E-state index contributed by atoms with van der Waals surface area (Å²) >= 11 is 0. The summed E-state index contributed by atoms with van der Waals surface area (Å²) in [7, 11) is 5.68. The first kappa shape index (κ1) is 20.8. The van der Waals surface area contributed by atoms with Gasteiger partial charge in [-0.2, -0.15) is 0 Å². The van der Waals surface area contributed by atoms with Gasteiger partial charge in [0.1, 0.15) is 11.5 Å². The van der Waals surface area contributed by atoms with Gasteiger partial charge in [0.05, 0.1) is 19.8 Å². The van der Waals surface area contributed by atoms with Crippen molar-refractivity contribution < 1.29 is 14.3 Å². The summed E-state index contributed by atoms with van der Waals surface area (Å²) in [5.41, 5.74) is 2.28. The summed E-state index contributed by atoms with van der Waals surface area (Å²) in [6, 6.07) is 16.0. The lowest BCUT2D eigenvalue weighted by molar-refractivity contribution is -0.121. The second kappa shape index (κ2) is 10.6. The van der Waals surface area contributed by atoms with Crippen LogP contribution in [0.1, 0.15) is 30.5 Å². The molecule has 5 nitrogen and oxygen atoms in total. The minimum Gasteiger partial charge on any atom is -0.497 e. The average molecular weight is 370 g/mol. The van der Waals surface area contributed by atoms with Gasteiger partial charge in [-0.3, -0.25) is 4.79 Å². The number of amides is 1. The molecule has 5 heteroatoms. The van der Waals surface area contributed by atoms with Crippen LogP contribution in [0.25, 0.3) is 0 Å². The Labute approximate surface area is 162 Å². The molecule has 0 aromatic heterocycles. The molecule has 0 aliphatic carbocycles. The standard InChI is InChI=1S/C22H30N2O3/c1-5-27-20-13-9-18(10-14-20)21(24(2)3)16-23-22(25)15-8-17-6-11-19(26-4)12-7-17/h6-7,9-14,21H,5,8,15-16H2,1-4H3,(H,23,25). The number of aryl methyl sites for hydroxylation is 1. The number of nitrogens with zero attached hydrogens (tertiary/aromatic N) is 1. The minimum atomic E-state index is 0.0589. The summed E-state index contributed by atoms with van der Waals surface area (Å²) in [4.78, 5) is 14.4. The molecule has 27 heavy (non-hydrogen) atoms. The van der Waals surface area contributed by atoms with Crippen molar-refractivity contribution in [3.05, 3.63) is 59.7 Å². The Balaban J connectivity index is 1.86. The predicted molar refractivity (Wildman–Crippen MR) is 108 cm³/mol. The van der Waals surface area contributed by atoms with Crippen molar-refractivity contribution in [3.8, 4) is 11.5 Å². The van der Waals surface area contributed by atoms with E-state index < -0.39 is 0 Å². The van der Waals surface area contributed by atoms with Crippen LogP contribution in [-0.4, -0.2) is 45.2 Å². The van der Waals surface area contributed by atoms with Crippen molar-refractivity contribution in [2.45, 2.75) is 25.8 Å². The van der Waals surface area contributed by atoms with Crippen LogP contribution in [0.15, 0.2) is 48.5 Å². The molecular weight excluding hydrogens is 340 g/mol. The lowest BCUT2D eigenvalue weighted by Crippen LogP contribution is -2.34. The Kier molecular flexibility index (Phi) is 8.14. The van der Waals surface area contributed by atoms with E-state index in [1.807, 2.05) is 57.4 Å². The van der Waals surface area contributed by atoms with E-state index in [1.54, 1.807) is 7.11 Å². The number of hydrogen-bond acceptors (Lipinski definition) is 4. The number of carbonyl (C=O) groups excluding carboxylic acids is 1. The first-order valence-corrected chi connectivity index (χ1v) is 9.32. The van der Waals surface area contributed by atoms with Crippen LogP contribution in [0.5, 0.6) is 11.5 Å². The molecule has 0 aliphatic rings. The van der Waals surface area contributed by atoms with Gasteiger partial charge in [0, 0.05) is 13.0 Å². The number of likely N-dealkylation sites (N-methyl/N-ethyl adjacent to an activating group) is 1. The number of ether oxygens (including phenoxy) is 2. The monoisotopic (exact) mass is 370 g/mol. The fourth-order valence-electron chi connectivity index (χ4n) is 2.90. The first-order chi connectivity index (χ1) is 13.0. The number of hydrogen-bond donors (Lipinski definition) is 1. The number of methoxy groups -OCH3 is 1. The average Bonchev–Trinajstić information content (AvgIpc) is 2.68. The Morgan fingerprint density at radius 1 is 1.04 bits per heavy atom. The SMILES string of the molecule is CCOc1ccc(C(CNC(=O)CCc2ccc(OC)cc2)N(C)C)cc1. The van der Waals surface area contributed by atoms with Crippen molar-refractivity contribution in [2.24, 2.45) is 0 Å². The largest absolute Gasteiger partial charge is 0.497 e. The van der Waals surface area contributed by atoms with E-state index in [2.05, 4.69) is 22.3 Å². The fraction of sp³-hybridized carbons (Fsp3) is 0.409. The summed E-state index contributed by atoms with van der Waals surface area (Å²) in [5, 5.41) is 3.06. The normalized spacial score (nSPS) is 11.9. The molecule has 0 saturated heterocycles. The van der Waals surface area contributed by atoms with Gasteiger partial charge in [-0.1, -0.05) is 24.3 Å². The predicted octanol–water partition coefficient (Wildman–Crippen LogP) is 3.45. The zero-order valence-corrected chi connectivity index (χ0v) is 16.7. The fourth-order valence-corrected chi connectivity index (χ4v) is 2.90. The number of carbonyl (C=O) groups is 1. The zero-order chi connectivity index (χ0) is 19.6. The Morgan fingerprint density at radius 3 is 2.22 bits per heavy atom. The van der Waals surface area contributed by atoms with Gasteiger partial charge < -0.3 is 19.7 Å². The Bertz CT molecular complexity index is 697. The smallest absolute Gasteiger partial charge is 0.220 e. The minimum absolute atomic E-state index is 0.0589. The van der Waals surface area contributed by atoms with Gasteiger partial charge >= 0.3 is 0 Å². The molecule has 1 N–H and O–H groups in total. The van der Waals surface area contributed by atoms with Crippen LogP contribution in [0.4, 0.5) is 0 Å². The summed E-state index contributed by atoms with van der Waals surface area (Å²) < 4.78 is 10.6. The molecule has 2 rings (SSSR count). The maximum atomic E-state index is 12.3. The van der Waals surface area contributed by atoms with Gasteiger partial charge in [0.25, 0.3) is 0 Å². The molecule has 0 aliphatic heterocycles. The van der Waals surface area contributed by atoms with Gasteiger partial charge in [0.15, 0.2) is 0 Å². The van der Waals surface area contributed by atoms with Gasteiger partial charge in [0.2, 0.25) is 5.91 Å². The summed E-state index contributed by atoms with van der Waals surface area (Å²) in [6.45, 7) is 3.20. The molecule has 0 spiro atoms. The molecule has 0 bridgehead atoms. The van der Waals surface area contributed by atoms with Crippen LogP contribution in [-0.2, 0) is 11.2 Å². The van der Waals surface area contributed by atoms with E-state index in [0.717, 1.165) is 22.6 Å². The van der Waals surface area contributed by atoms with E-state index in [-0.39, 0.29) is 11.9 Å². The number of benzene rings is 2. The van der Waals surface area contributed by atoms with E-state index >= 15 is 0 Å². The lowest BCUT2D eigenvalue weighted by Gasteiger charge is -2.25. The quantitative estimate of drug-likeness (QED) is 0.696. The van der Waals surface area contributed by atoms with Gasteiger partial charge in [-0.25, -0.2) is 0 Å². The van der Waals surface area contributed by atoms with Crippen LogP contribution < -0.4 is 14.8 Å². The van der Waals surface area contributed by atoms with E-state index in [9.17, 15) is 4.79 Å². The molecule has 0 heterocycles. The third-order valence-electron chi connectivity index (χ3n) is 4.49. The molecule has 0 fully saturated rings. The number of rotatable bonds is 10. The van der Waals surface area contributed by atoms with Crippen LogP contribution in [0.2, 0.25) is 0 Å². The molecular formula is C22H30N2O3. The van der Waals surface area contributed by atoms with Crippen molar-refractivity contribution in [1.82, 2.24) is 10.2 Å². The van der Waals surface area contributed by atoms with Crippen molar-refractivity contribution in [3.63, 3.8) is 0 Å². The highest BCUT2D eigenvalue weighted by atomic mass is 16.5.